The standard InChI is InChI=1S/C13H10Br2O2S/c1-2-17-11-4-3-8(14)7-9(11)12(16)13-10(15)5-6-18-13/h3-7H,2H2,1H3. The normalized spacial score (nSPS) is 10.4. The van der Waals surface area contributed by atoms with E-state index < -0.39 is 0 Å². The smallest absolute Gasteiger partial charge is 0.207 e. The lowest BCUT2D eigenvalue weighted by Crippen LogP contribution is -2.04. The van der Waals surface area contributed by atoms with Gasteiger partial charge in [-0.25, -0.2) is 0 Å². The molecule has 0 aliphatic carbocycles. The fourth-order valence-corrected chi connectivity index (χ4v) is 3.41. The van der Waals surface area contributed by atoms with Gasteiger partial charge in [0.25, 0.3) is 0 Å². The molecule has 0 N–H and O–H groups in total. The summed E-state index contributed by atoms with van der Waals surface area (Å²) < 4.78 is 7.18. The fourth-order valence-electron chi connectivity index (χ4n) is 1.54. The molecule has 0 spiro atoms. The Labute approximate surface area is 126 Å². The van der Waals surface area contributed by atoms with Crippen LogP contribution < -0.4 is 4.74 Å². The highest BCUT2D eigenvalue weighted by Gasteiger charge is 2.18. The van der Waals surface area contributed by atoms with Crippen molar-refractivity contribution < 1.29 is 9.53 Å². The van der Waals surface area contributed by atoms with Gasteiger partial charge in [-0.3, -0.25) is 4.79 Å². The first-order valence-corrected chi connectivity index (χ1v) is 7.80. The average molecular weight is 390 g/mol. The summed E-state index contributed by atoms with van der Waals surface area (Å²) in [6, 6.07) is 7.34. The molecule has 0 amide bonds. The van der Waals surface area contributed by atoms with Gasteiger partial charge in [0.15, 0.2) is 0 Å². The van der Waals surface area contributed by atoms with Crippen molar-refractivity contribution in [3.8, 4) is 5.75 Å². The van der Waals surface area contributed by atoms with Crippen LogP contribution in [0.15, 0.2) is 38.6 Å². The topological polar surface area (TPSA) is 26.3 Å². The average Bonchev–Trinajstić information content (AvgIpc) is 2.77. The highest BCUT2D eigenvalue weighted by molar-refractivity contribution is 9.10. The Hall–Kier alpha value is -0.650. The zero-order valence-corrected chi connectivity index (χ0v) is 13.6. The Morgan fingerprint density at radius 2 is 2.11 bits per heavy atom. The monoisotopic (exact) mass is 388 g/mol. The molecule has 18 heavy (non-hydrogen) atoms. The van der Waals surface area contributed by atoms with E-state index in [0.29, 0.717) is 22.8 Å². The second-order valence-electron chi connectivity index (χ2n) is 3.50. The Morgan fingerprint density at radius 1 is 1.33 bits per heavy atom. The van der Waals surface area contributed by atoms with Gasteiger partial charge in [0.05, 0.1) is 17.0 Å². The number of carbonyl (C=O) groups is 1. The predicted molar refractivity (Wildman–Crippen MR) is 80.8 cm³/mol. The van der Waals surface area contributed by atoms with Gasteiger partial charge in [0.2, 0.25) is 5.78 Å². The third kappa shape index (κ3) is 2.84. The molecule has 0 unspecified atom stereocenters. The van der Waals surface area contributed by atoms with Crippen LogP contribution in [0.5, 0.6) is 5.75 Å². The van der Waals surface area contributed by atoms with Crippen LogP contribution in [0.4, 0.5) is 0 Å². The zero-order chi connectivity index (χ0) is 13.1. The van der Waals surface area contributed by atoms with Gasteiger partial charge in [0, 0.05) is 8.95 Å². The quantitative estimate of drug-likeness (QED) is 0.695. The number of ether oxygens (including phenoxy) is 1. The molecule has 2 rings (SSSR count). The van der Waals surface area contributed by atoms with Gasteiger partial charge >= 0.3 is 0 Å². The van der Waals surface area contributed by atoms with E-state index in [1.807, 2.05) is 30.5 Å². The lowest BCUT2D eigenvalue weighted by atomic mass is 10.1. The van der Waals surface area contributed by atoms with Crippen LogP contribution in [-0.2, 0) is 0 Å². The SMILES string of the molecule is CCOc1ccc(Br)cc1C(=O)c1sccc1Br. The first-order chi connectivity index (χ1) is 8.63. The van der Waals surface area contributed by atoms with Gasteiger partial charge in [-0.2, -0.15) is 0 Å². The molecule has 94 valence electrons. The second-order valence-corrected chi connectivity index (χ2v) is 6.19. The Kier molecular flexibility index (Phi) is 4.59. The summed E-state index contributed by atoms with van der Waals surface area (Å²) in [6.45, 7) is 2.44. The highest BCUT2D eigenvalue weighted by atomic mass is 79.9. The van der Waals surface area contributed by atoms with Crippen molar-refractivity contribution in [1.82, 2.24) is 0 Å². The van der Waals surface area contributed by atoms with E-state index >= 15 is 0 Å². The van der Waals surface area contributed by atoms with E-state index in [9.17, 15) is 4.79 Å². The van der Waals surface area contributed by atoms with Crippen molar-refractivity contribution in [3.63, 3.8) is 0 Å². The number of halogens is 2. The number of benzene rings is 1. The van der Waals surface area contributed by atoms with Crippen molar-refractivity contribution in [2.45, 2.75) is 6.92 Å². The van der Waals surface area contributed by atoms with Crippen LogP contribution in [0.2, 0.25) is 0 Å². The molecule has 0 bridgehead atoms. The second kappa shape index (κ2) is 5.99. The van der Waals surface area contributed by atoms with Crippen molar-refractivity contribution in [2.24, 2.45) is 0 Å². The van der Waals surface area contributed by atoms with E-state index in [2.05, 4.69) is 31.9 Å². The van der Waals surface area contributed by atoms with Crippen LogP contribution in [0.1, 0.15) is 22.2 Å². The lowest BCUT2D eigenvalue weighted by molar-refractivity contribution is 0.103. The highest BCUT2D eigenvalue weighted by Crippen LogP contribution is 2.30. The van der Waals surface area contributed by atoms with Crippen molar-refractivity contribution in [2.75, 3.05) is 6.61 Å². The van der Waals surface area contributed by atoms with Gasteiger partial charge in [-0.1, -0.05) is 15.9 Å². The number of ketones is 1. The Morgan fingerprint density at radius 3 is 2.72 bits per heavy atom. The Bertz CT molecular complexity index is 578. The molecule has 0 aliphatic rings. The minimum atomic E-state index is -0.0263. The van der Waals surface area contributed by atoms with Gasteiger partial charge < -0.3 is 4.74 Å². The lowest BCUT2D eigenvalue weighted by Gasteiger charge is -2.09. The summed E-state index contributed by atoms with van der Waals surface area (Å²) in [5, 5.41) is 1.88. The van der Waals surface area contributed by atoms with E-state index in [0.717, 1.165) is 8.95 Å². The predicted octanol–water partition coefficient (Wildman–Crippen LogP) is 4.90. The maximum absolute atomic E-state index is 12.5. The zero-order valence-electron chi connectivity index (χ0n) is 9.57. The molecule has 1 aromatic carbocycles. The molecule has 0 saturated heterocycles. The first kappa shape index (κ1) is 13.8. The summed E-state index contributed by atoms with van der Waals surface area (Å²) in [7, 11) is 0. The maximum Gasteiger partial charge on any atom is 0.207 e. The van der Waals surface area contributed by atoms with Crippen LogP contribution in [0.3, 0.4) is 0 Å². The molecule has 5 heteroatoms. The van der Waals surface area contributed by atoms with Gasteiger partial charge in [-0.05, 0) is 52.5 Å². The van der Waals surface area contributed by atoms with E-state index in [4.69, 9.17) is 4.74 Å². The minimum absolute atomic E-state index is 0.0263. The van der Waals surface area contributed by atoms with Gasteiger partial charge in [-0.15, -0.1) is 11.3 Å². The van der Waals surface area contributed by atoms with Crippen molar-refractivity contribution in [1.29, 1.82) is 0 Å². The largest absolute Gasteiger partial charge is 0.493 e. The molecule has 1 aromatic heterocycles. The number of carbonyl (C=O) groups excluding carboxylic acids is 1. The summed E-state index contributed by atoms with van der Waals surface area (Å²) in [4.78, 5) is 13.1. The molecular weight excluding hydrogens is 380 g/mol. The summed E-state index contributed by atoms with van der Waals surface area (Å²) in [6.07, 6.45) is 0. The third-order valence-electron chi connectivity index (χ3n) is 2.31. The van der Waals surface area contributed by atoms with Crippen LogP contribution in [-0.4, -0.2) is 12.4 Å². The summed E-state index contributed by atoms with van der Waals surface area (Å²) >= 11 is 8.18. The third-order valence-corrected chi connectivity index (χ3v) is 4.64. The molecule has 0 aliphatic heterocycles. The molecule has 2 nitrogen and oxygen atoms in total. The summed E-state index contributed by atoms with van der Waals surface area (Å²) in [5.41, 5.74) is 0.578. The van der Waals surface area contributed by atoms with Crippen LogP contribution in [0, 0.1) is 0 Å². The molecular formula is C13H10Br2O2S. The van der Waals surface area contributed by atoms with Gasteiger partial charge in [0.1, 0.15) is 5.75 Å². The van der Waals surface area contributed by atoms with Crippen molar-refractivity contribution >= 4 is 49.0 Å². The number of thiophene rings is 1. The van der Waals surface area contributed by atoms with E-state index in [-0.39, 0.29) is 5.78 Å². The molecule has 1 heterocycles. The molecule has 0 fully saturated rings. The Balaban J connectivity index is 2.46. The number of hydrogen-bond donors (Lipinski definition) is 0. The first-order valence-electron chi connectivity index (χ1n) is 5.33. The minimum Gasteiger partial charge on any atom is -0.493 e. The van der Waals surface area contributed by atoms with Crippen LogP contribution >= 0.6 is 43.2 Å². The van der Waals surface area contributed by atoms with E-state index in [1.54, 1.807) is 6.07 Å². The molecule has 0 radical (unpaired) electrons. The van der Waals surface area contributed by atoms with Crippen molar-refractivity contribution in [3.05, 3.63) is 49.0 Å². The summed E-state index contributed by atoms with van der Waals surface area (Å²) in [5.74, 6) is 0.590. The molecule has 0 atom stereocenters. The van der Waals surface area contributed by atoms with E-state index in [1.165, 1.54) is 11.3 Å². The number of hydrogen-bond acceptors (Lipinski definition) is 3. The number of rotatable bonds is 4. The molecule has 0 saturated carbocycles. The fraction of sp³-hybridized carbons (Fsp3) is 0.154. The molecule has 2 aromatic rings. The maximum atomic E-state index is 12.5. The van der Waals surface area contributed by atoms with Crippen LogP contribution in [0.25, 0.3) is 0 Å².